The van der Waals surface area contributed by atoms with Crippen LogP contribution in [0.1, 0.15) is 25.0 Å². The fourth-order valence-corrected chi connectivity index (χ4v) is 2.49. The molecule has 0 saturated heterocycles. The topological polar surface area (TPSA) is 20.3 Å². The van der Waals surface area contributed by atoms with Crippen LogP contribution < -0.4 is 0 Å². The molecule has 0 atom stereocenters. The maximum Gasteiger partial charge on any atom is 0.139 e. The predicted molar refractivity (Wildman–Crippen MR) is 92.8 cm³/mol. The van der Waals surface area contributed by atoms with Gasteiger partial charge in [-0.1, -0.05) is 62.4 Å². The molecule has 2 aromatic carbocycles. The Morgan fingerprint density at radius 3 is 2.23 bits per heavy atom. The van der Waals surface area contributed by atoms with E-state index >= 15 is 0 Å². The Hall–Kier alpha value is -1.93. The summed E-state index contributed by atoms with van der Waals surface area (Å²) >= 11 is 0. The van der Waals surface area contributed by atoms with E-state index in [1.807, 2.05) is 13.8 Å². The van der Waals surface area contributed by atoms with Crippen LogP contribution in [0.5, 0.6) is 0 Å². The van der Waals surface area contributed by atoms with Gasteiger partial charge in [0.2, 0.25) is 0 Å². The molecule has 2 nitrogen and oxygen atoms in total. The SMILES string of the molecule is CC(C)C(=O)Cc1ccc(-c2ccccc2CN(C)C)cc1. The smallest absolute Gasteiger partial charge is 0.139 e. The van der Waals surface area contributed by atoms with Gasteiger partial charge in [-0.3, -0.25) is 4.79 Å². The first kappa shape index (κ1) is 16.4. The molecular weight excluding hydrogens is 270 g/mol. The quantitative estimate of drug-likeness (QED) is 0.796. The zero-order valence-corrected chi connectivity index (χ0v) is 14.0. The number of carbonyl (C=O) groups is 1. The van der Waals surface area contributed by atoms with Crippen LogP contribution in [-0.4, -0.2) is 24.8 Å². The van der Waals surface area contributed by atoms with Crippen molar-refractivity contribution < 1.29 is 4.79 Å². The van der Waals surface area contributed by atoms with E-state index in [9.17, 15) is 4.79 Å². The number of benzene rings is 2. The minimum absolute atomic E-state index is 0.0977. The summed E-state index contributed by atoms with van der Waals surface area (Å²) in [5.41, 5.74) is 4.88. The minimum Gasteiger partial charge on any atom is -0.305 e. The molecule has 0 radical (unpaired) electrons. The van der Waals surface area contributed by atoms with Gasteiger partial charge in [-0.05, 0) is 36.3 Å². The van der Waals surface area contributed by atoms with E-state index in [4.69, 9.17) is 0 Å². The molecule has 0 aliphatic carbocycles. The summed E-state index contributed by atoms with van der Waals surface area (Å²) in [6.07, 6.45) is 0.525. The van der Waals surface area contributed by atoms with Gasteiger partial charge in [0, 0.05) is 18.9 Å². The molecule has 0 fully saturated rings. The first-order valence-corrected chi connectivity index (χ1v) is 7.82. The second-order valence-electron chi connectivity index (χ2n) is 6.39. The van der Waals surface area contributed by atoms with E-state index in [-0.39, 0.29) is 5.92 Å². The van der Waals surface area contributed by atoms with Gasteiger partial charge in [0.1, 0.15) is 5.78 Å². The van der Waals surface area contributed by atoms with Crippen molar-refractivity contribution in [3.05, 3.63) is 59.7 Å². The molecule has 0 bridgehead atoms. The Bertz CT molecular complexity index is 626. The minimum atomic E-state index is 0.0977. The van der Waals surface area contributed by atoms with Gasteiger partial charge in [0.05, 0.1) is 0 Å². The summed E-state index contributed by atoms with van der Waals surface area (Å²) in [6.45, 7) is 4.83. The Morgan fingerprint density at radius 1 is 1.00 bits per heavy atom. The molecule has 116 valence electrons. The van der Waals surface area contributed by atoms with Crippen molar-refractivity contribution in [2.24, 2.45) is 5.92 Å². The number of carbonyl (C=O) groups excluding carboxylic acids is 1. The monoisotopic (exact) mass is 295 g/mol. The van der Waals surface area contributed by atoms with Crippen LogP contribution in [0.3, 0.4) is 0 Å². The Kier molecular flexibility index (Phi) is 5.51. The lowest BCUT2D eigenvalue weighted by atomic mass is 9.96. The van der Waals surface area contributed by atoms with Crippen LogP contribution in [0.15, 0.2) is 48.5 Å². The van der Waals surface area contributed by atoms with Crippen molar-refractivity contribution in [2.75, 3.05) is 14.1 Å². The van der Waals surface area contributed by atoms with E-state index in [0.717, 1.165) is 12.1 Å². The third-order valence-corrected chi connectivity index (χ3v) is 3.79. The summed E-state index contributed by atoms with van der Waals surface area (Å²) in [5, 5.41) is 0. The molecule has 0 amide bonds. The standard InChI is InChI=1S/C20H25NO/c1-15(2)20(22)13-16-9-11-17(12-10-16)19-8-6-5-7-18(19)14-21(3)4/h5-12,15H,13-14H2,1-4H3. The first-order chi connectivity index (χ1) is 10.5. The van der Waals surface area contributed by atoms with Crippen LogP contribution in [0.25, 0.3) is 11.1 Å². The molecule has 2 rings (SSSR count). The Morgan fingerprint density at radius 2 is 1.64 bits per heavy atom. The highest BCUT2D eigenvalue weighted by molar-refractivity contribution is 5.82. The van der Waals surface area contributed by atoms with Gasteiger partial charge in [-0.2, -0.15) is 0 Å². The third-order valence-electron chi connectivity index (χ3n) is 3.79. The number of Topliss-reactive ketones (excluding diaryl/α,β-unsaturated/α-hetero) is 1. The van der Waals surface area contributed by atoms with Crippen molar-refractivity contribution in [3.63, 3.8) is 0 Å². The van der Waals surface area contributed by atoms with Gasteiger partial charge in [-0.15, -0.1) is 0 Å². The zero-order chi connectivity index (χ0) is 16.1. The number of ketones is 1. The summed E-state index contributed by atoms with van der Waals surface area (Å²) < 4.78 is 0. The largest absolute Gasteiger partial charge is 0.305 e. The van der Waals surface area contributed by atoms with Crippen molar-refractivity contribution in [2.45, 2.75) is 26.8 Å². The van der Waals surface area contributed by atoms with Crippen LogP contribution in [0.4, 0.5) is 0 Å². The molecule has 0 heterocycles. The Balaban J connectivity index is 2.22. The predicted octanol–water partition coefficient (Wildman–Crippen LogP) is 4.18. The van der Waals surface area contributed by atoms with Gasteiger partial charge < -0.3 is 4.90 Å². The van der Waals surface area contributed by atoms with Crippen molar-refractivity contribution in [1.82, 2.24) is 4.90 Å². The summed E-state index contributed by atoms with van der Waals surface area (Å²) in [7, 11) is 4.16. The highest BCUT2D eigenvalue weighted by atomic mass is 16.1. The maximum absolute atomic E-state index is 11.8. The third kappa shape index (κ3) is 4.28. The lowest BCUT2D eigenvalue weighted by molar-refractivity contribution is -0.121. The zero-order valence-electron chi connectivity index (χ0n) is 14.0. The molecular formula is C20H25NO. The van der Waals surface area contributed by atoms with Gasteiger partial charge in [0.15, 0.2) is 0 Å². The van der Waals surface area contributed by atoms with Crippen LogP contribution in [-0.2, 0) is 17.8 Å². The first-order valence-electron chi connectivity index (χ1n) is 7.82. The van der Waals surface area contributed by atoms with E-state index < -0.39 is 0 Å². The molecule has 0 N–H and O–H groups in total. The molecule has 0 aliphatic rings. The van der Waals surface area contributed by atoms with E-state index in [1.165, 1.54) is 16.7 Å². The average molecular weight is 295 g/mol. The fraction of sp³-hybridized carbons (Fsp3) is 0.350. The molecule has 0 saturated carbocycles. The van der Waals surface area contributed by atoms with Gasteiger partial charge in [0.25, 0.3) is 0 Å². The highest BCUT2D eigenvalue weighted by Crippen LogP contribution is 2.25. The van der Waals surface area contributed by atoms with Crippen LogP contribution in [0.2, 0.25) is 0 Å². The molecule has 0 aromatic heterocycles. The van der Waals surface area contributed by atoms with Crippen LogP contribution in [0, 0.1) is 5.92 Å². The van der Waals surface area contributed by atoms with Gasteiger partial charge in [-0.25, -0.2) is 0 Å². The second kappa shape index (κ2) is 7.37. The molecule has 2 heteroatoms. The van der Waals surface area contributed by atoms with E-state index in [1.54, 1.807) is 0 Å². The average Bonchev–Trinajstić information content (AvgIpc) is 2.48. The second-order valence-corrected chi connectivity index (χ2v) is 6.39. The molecule has 0 spiro atoms. The van der Waals surface area contributed by atoms with Gasteiger partial charge >= 0.3 is 0 Å². The van der Waals surface area contributed by atoms with Crippen molar-refractivity contribution in [1.29, 1.82) is 0 Å². The number of nitrogens with zero attached hydrogens (tertiary/aromatic N) is 1. The number of hydrogen-bond donors (Lipinski definition) is 0. The summed E-state index contributed by atoms with van der Waals surface area (Å²) in [5.74, 6) is 0.390. The summed E-state index contributed by atoms with van der Waals surface area (Å²) in [4.78, 5) is 14.0. The lowest BCUT2D eigenvalue weighted by Gasteiger charge is -2.14. The molecule has 22 heavy (non-hydrogen) atoms. The summed E-state index contributed by atoms with van der Waals surface area (Å²) in [6, 6.07) is 16.9. The number of hydrogen-bond acceptors (Lipinski definition) is 2. The Labute approximate surface area is 133 Å². The molecule has 0 unspecified atom stereocenters. The fourth-order valence-electron chi connectivity index (χ4n) is 2.49. The lowest BCUT2D eigenvalue weighted by Crippen LogP contribution is -2.11. The van der Waals surface area contributed by atoms with Crippen LogP contribution >= 0.6 is 0 Å². The van der Waals surface area contributed by atoms with E-state index in [2.05, 4.69) is 67.5 Å². The number of rotatable bonds is 6. The maximum atomic E-state index is 11.8. The van der Waals surface area contributed by atoms with Crippen molar-refractivity contribution in [3.8, 4) is 11.1 Å². The molecule has 2 aromatic rings. The van der Waals surface area contributed by atoms with E-state index in [0.29, 0.717) is 12.2 Å². The van der Waals surface area contributed by atoms with Crippen molar-refractivity contribution >= 4 is 5.78 Å². The highest BCUT2D eigenvalue weighted by Gasteiger charge is 2.09. The molecule has 0 aliphatic heterocycles. The normalized spacial score (nSPS) is 11.2.